The molecule has 9 nitrogen and oxygen atoms in total. The molecular weight excluding hydrogens is 319 g/mol. The van der Waals surface area contributed by atoms with Gasteiger partial charge in [0, 0.05) is 0 Å². The van der Waals surface area contributed by atoms with E-state index in [1.165, 1.54) is 0 Å². The molecule has 3 aliphatic rings. The van der Waals surface area contributed by atoms with Gasteiger partial charge in [-0.1, -0.05) is 0 Å². The van der Waals surface area contributed by atoms with Gasteiger partial charge in [0.1, 0.15) is 44.2 Å². The summed E-state index contributed by atoms with van der Waals surface area (Å²) in [6, 6.07) is 0. The number of esters is 1. The second-order valence-corrected chi connectivity index (χ2v) is 7.06. The summed E-state index contributed by atoms with van der Waals surface area (Å²) in [7, 11) is -3.72. The molecule has 0 aromatic heterocycles. The monoisotopic (exact) mass is 338 g/mol. The molecular formula is C12H19O9P. The van der Waals surface area contributed by atoms with Crippen LogP contribution in [0, 0.1) is 0 Å². The van der Waals surface area contributed by atoms with Crippen molar-refractivity contribution in [2.45, 2.75) is 31.3 Å². The van der Waals surface area contributed by atoms with Gasteiger partial charge in [-0.2, -0.15) is 0 Å². The van der Waals surface area contributed by atoms with E-state index in [-0.39, 0.29) is 33.4 Å². The average molecular weight is 338 g/mol. The maximum atomic E-state index is 12.9. The third-order valence-electron chi connectivity index (χ3n) is 3.53. The molecule has 4 atom stereocenters. The number of ether oxygens (including phenoxy) is 5. The van der Waals surface area contributed by atoms with Gasteiger partial charge in [-0.05, 0) is 6.92 Å². The molecule has 0 aliphatic carbocycles. The average Bonchev–Trinajstić information content (AvgIpc) is 2.60. The Kier molecular flexibility index (Phi) is 5.13. The van der Waals surface area contributed by atoms with E-state index in [1.54, 1.807) is 6.92 Å². The predicted octanol–water partition coefficient (Wildman–Crippen LogP) is 0.272. The van der Waals surface area contributed by atoms with Gasteiger partial charge in [0.15, 0.2) is 0 Å². The Morgan fingerprint density at radius 3 is 2.14 bits per heavy atom. The number of rotatable bonds is 3. The van der Waals surface area contributed by atoms with Gasteiger partial charge in [0.2, 0.25) is 0 Å². The largest absolute Gasteiger partial charge is 0.466 e. The zero-order valence-electron chi connectivity index (χ0n) is 12.2. The van der Waals surface area contributed by atoms with Crippen LogP contribution >= 0.6 is 7.60 Å². The van der Waals surface area contributed by atoms with Crippen molar-refractivity contribution in [3.8, 4) is 0 Å². The van der Waals surface area contributed by atoms with E-state index in [1.807, 2.05) is 0 Å². The van der Waals surface area contributed by atoms with Crippen LogP contribution in [0.15, 0.2) is 0 Å². The quantitative estimate of drug-likeness (QED) is 0.530. The molecule has 0 spiro atoms. The van der Waals surface area contributed by atoms with Crippen molar-refractivity contribution >= 4 is 13.6 Å². The van der Waals surface area contributed by atoms with E-state index in [0.29, 0.717) is 0 Å². The van der Waals surface area contributed by atoms with Crippen LogP contribution in [0.3, 0.4) is 0 Å². The second kappa shape index (κ2) is 6.92. The van der Waals surface area contributed by atoms with Crippen LogP contribution in [0.1, 0.15) is 6.92 Å². The lowest BCUT2D eigenvalue weighted by molar-refractivity contribution is -0.260. The first-order valence-electron chi connectivity index (χ1n) is 7.11. The summed E-state index contributed by atoms with van der Waals surface area (Å²) in [6.45, 7) is 2.43. The van der Waals surface area contributed by atoms with Gasteiger partial charge >= 0.3 is 13.6 Å². The lowest BCUT2D eigenvalue weighted by Gasteiger charge is -2.37. The Bertz CT molecular complexity index is 428. The Labute approximate surface area is 127 Å². The Balaban J connectivity index is 1.80. The summed E-state index contributed by atoms with van der Waals surface area (Å²) >= 11 is 0. The van der Waals surface area contributed by atoms with Crippen molar-refractivity contribution in [3.63, 3.8) is 0 Å². The fourth-order valence-corrected chi connectivity index (χ4v) is 4.45. The van der Waals surface area contributed by atoms with E-state index in [4.69, 9.17) is 32.7 Å². The highest BCUT2D eigenvalue weighted by molar-refractivity contribution is 7.54. The van der Waals surface area contributed by atoms with Crippen LogP contribution in [0.5, 0.6) is 0 Å². The molecule has 0 saturated carbocycles. The highest BCUT2D eigenvalue weighted by Gasteiger charge is 2.51. The summed E-state index contributed by atoms with van der Waals surface area (Å²) in [4.78, 5) is 11.7. The van der Waals surface area contributed by atoms with E-state index in [2.05, 4.69) is 0 Å². The number of hydrogen-bond donors (Lipinski definition) is 0. The Hall–Kier alpha value is -0.540. The molecule has 3 fully saturated rings. The van der Waals surface area contributed by atoms with E-state index < -0.39 is 44.1 Å². The molecule has 3 saturated heterocycles. The molecule has 3 heterocycles. The minimum absolute atomic E-state index is 0.0974. The van der Waals surface area contributed by atoms with Crippen molar-refractivity contribution in [2.75, 3.05) is 39.6 Å². The van der Waals surface area contributed by atoms with Gasteiger partial charge in [0.05, 0.1) is 19.8 Å². The van der Waals surface area contributed by atoms with Gasteiger partial charge < -0.3 is 23.7 Å². The van der Waals surface area contributed by atoms with Crippen LogP contribution in [0.2, 0.25) is 0 Å². The van der Waals surface area contributed by atoms with Crippen LogP contribution in [-0.4, -0.2) is 70.0 Å². The Morgan fingerprint density at radius 1 is 1.09 bits per heavy atom. The summed E-state index contributed by atoms with van der Waals surface area (Å²) in [6.07, 6.45) is -2.71. The standard InChI is InChI=1S/C12H19O9P/c1-2-17-10(13)5-22(14)20-8-3-15-6-18-11(8)12-9(21-22)4-16-7-19-12/h8-9,11-12H,2-7H2,1H3/t8-,9-,11?,12?,22?/m1/s1. The number of carbonyl (C=O) groups is 1. The van der Waals surface area contributed by atoms with Crippen LogP contribution < -0.4 is 0 Å². The third-order valence-corrected chi connectivity index (χ3v) is 5.36. The fraction of sp³-hybridized carbons (Fsp3) is 0.917. The third kappa shape index (κ3) is 3.51. The van der Waals surface area contributed by atoms with Gasteiger partial charge in [-0.3, -0.25) is 18.4 Å². The normalized spacial score (nSPS) is 41.9. The smallest absolute Gasteiger partial charge is 0.342 e. The maximum absolute atomic E-state index is 12.9. The number of fused-ring (bicyclic) bond motifs is 3. The number of carbonyl (C=O) groups excluding carboxylic acids is 1. The van der Waals surface area contributed by atoms with E-state index in [0.717, 1.165) is 0 Å². The molecule has 22 heavy (non-hydrogen) atoms. The molecule has 126 valence electrons. The molecule has 0 aromatic carbocycles. The zero-order valence-corrected chi connectivity index (χ0v) is 13.1. The molecule has 0 radical (unpaired) electrons. The second-order valence-electron chi connectivity index (χ2n) is 5.10. The van der Waals surface area contributed by atoms with Crippen molar-refractivity contribution in [1.82, 2.24) is 0 Å². The number of hydrogen-bond acceptors (Lipinski definition) is 9. The summed E-state index contributed by atoms with van der Waals surface area (Å²) in [5.74, 6) is -0.642. The van der Waals surface area contributed by atoms with Gasteiger partial charge in [-0.25, -0.2) is 0 Å². The van der Waals surface area contributed by atoms with Crippen LogP contribution in [0.25, 0.3) is 0 Å². The van der Waals surface area contributed by atoms with Crippen molar-refractivity contribution in [3.05, 3.63) is 0 Å². The highest BCUT2D eigenvalue weighted by atomic mass is 31.2. The van der Waals surface area contributed by atoms with Crippen LogP contribution in [-0.2, 0) is 42.1 Å². The molecule has 3 rings (SSSR count). The first-order chi connectivity index (χ1) is 10.6. The van der Waals surface area contributed by atoms with Crippen molar-refractivity contribution in [2.24, 2.45) is 0 Å². The molecule has 2 unspecified atom stereocenters. The highest BCUT2D eigenvalue weighted by Crippen LogP contribution is 2.54. The molecule has 0 aromatic rings. The van der Waals surface area contributed by atoms with Crippen molar-refractivity contribution in [1.29, 1.82) is 0 Å². The molecule has 10 heteroatoms. The first kappa shape index (κ1) is 16.3. The molecule has 0 N–H and O–H groups in total. The summed E-state index contributed by atoms with van der Waals surface area (Å²) in [5.41, 5.74) is 0. The van der Waals surface area contributed by atoms with Crippen LogP contribution in [0.4, 0.5) is 0 Å². The minimum Gasteiger partial charge on any atom is -0.466 e. The summed E-state index contributed by atoms with van der Waals surface area (Å²) in [5, 5.41) is 0. The first-order valence-corrected chi connectivity index (χ1v) is 8.84. The fourth-order valence-electron chi connectivity index (χ4n) is 2.66. The predicted molar refractivity (Wildman–Crippen MR) is 70.2 cm³/mol. The van der Waals surface area contributed by atoms with Gasteiger partial charge in [0.25, 0.3) is 0 Å². The van der Waals surface area contributed by atoms with E-state index in [9.17, 15) is 9.36 Å². The topological polar surface area (TPSA) is 98.8 Å². The van der Waals surface area contributed by atoms with Gasteiger partial charge in [-0.15, -0.1) is 0 Å². The summed E-state index contributed by atoms with van der Waals surface area (Å²) < 4.78 is 50.3. The Morgan fingerprint density at radius 2 is 1.64 bits per heavy atom. The lowest BCUT2D eigenvalue weighted by atomic mass is 10.0. The van der Waals surface area contributed by atoms with Crippen molar-refractivity contribution < 1.29 is 42.1 Å². The molecule has 0 amide bonds. The minimum atomic E-state index is -3.72. The lowest BCUT2D eigenvalue weighted by Crippen LogP contribution is -2.54. The molecule has 3 aliphatic heterocycles. The zero-order chi connectivity index (χ0) is 15.6. The SMILES string of the molecule is CCOC(=O)CP1(=O)O[C@@H]2COCOC2C2OCOC[C@H]2O1. The van der Waals surface area contributed by atoms with E-state index >= 15 is 0 Å². The molecule has 0 bridgehead atoms. The maximum Gasteiger partial charge on any atom is 0.342 e.